The minimum Gasteiger partial charge on any atom is -0.459 e. The van der Waals surface area contributed by atoms with Crippen LogP contribution in [0, 0.1) is 5.92 Å². The van der Waals surface area contributed by atoms with Gasteiger partial charge in [-0.25, -0.2) is 0 Å². The molecule has 0 aliphatic rings. The van der Waals surface area contributed by atoms with E-state index in [4.69, 9.17) is 9.84 Å². The van der Waals surface area contributed by atoms with Gasteiger partial charge in [-0.3, -0.25) is 4.79 Å². The topological polar surface area (TPSA) is 58.6 Å². The normalized spacial score (nSPS) is 17.7. The van der Waals surface area contributed by atoms with E-state index in [0.717, 1.165) is 0 Å². The Kier molecular flexibility index (Phi) is 5.97. The van der Waals surface area contributed by atoms with Crippen molar-refractivity contribution in [3.8, 4) is 0 Å². The molecule has 0 aliphatic heterocycles. The summed E-state index contributed by atoms with van der Waals surface area (Å²) in [6, 6.07) is -0.282. The molecule has 2 N–H and O–H groups in total. The summed E-state index contributed by atoms with van der Waals surface area (Å²) in [6.45, 7) is 11.3. The number of hydrogen-bond donors (Lipinski definition) is 2. The van der Waals surface area contributed by atoms with Gasteiger partial charge >= 0.3 is 5.97 Å². The Bertz CT molecular complexity index is 223. The van der Waals surface area contributed by atoms with E-state index in [1.807, 2.05) is 34.6 Å². The van der Waals surface area contributed by atoms with Crippen molar-refractivity contribution < 1.29 is 14.6 Å². The molecule has 0 heterocycles. The molecule has 0 fully saturated rings. The number of nitrogens with one attached hydrogen (secondary N) is 1. The van der Waals surface area contributed by atoms with E-state index >= 15 is 0 Å². The second-order valence-corrected chi connectivity index (χ2v) is 5.37. The molecule has 0 aliphatic carbocycles. The molecule has 16 heavy (non-hydrogen) atoms. The minimum absolute atomic E-state index is 0.0764. The van der Waals surface area contributed by atoms with Gasteiger partial charge in [0.25, 0.3) is 0 Å². The Balaban J connectivity index is 4.15. The summed E-state index contributed by atoms with van der Waals surface area (Å²) >= 11 is 0. The van der Waals surface area contributed by atoms with Gasteiger partial charge in [-0.2, -0.15) is 0 Å². The van der Waals surface area contributed by atoms with Crippen LogP contribution < -0.4 is 5.32 Å². The minimum atomic E-state index is -0.459. The number of carbonyl (C=O) groups excluding carboxylic acids is 1. The highest BCUT2D eigenvalue weighted by Gasteiger charge is 2.23. The molecule has 0 saturated heterocycles. The zero-order chi connectivity index (χ0) is 12.9. The highest BCUT2D eigenvalue weighted by atomic mass is 16.6. The van der Waals surface area contributed by atoms with E-state index in [9.17, 15) is 4.79 Å². The van der Waals surface area contributed by atoms with Gasteiger partial charge in [0.1, 0.15) is 11.6 Å². The van der Waals surface area contributed by atoms with Gasteiger partial charge in [0.2, 0.25) is 0 Å². The molecule has 0 aromatic rings. The molecule has 0 aromatic heterocycles. The van der Waals surface area contributed by atoms with Gasteiger partial charge in [0, 0.05) is 12.6 Å². The van der Waals surface area contributed by atoms with E-state index in [1.54, 1.807) is 6.92 Å². The lowest BCUT2D eigenvalue weighted by Crippen LogP contribution is -2.46. The van der Waals surface area contributed by atoms with Crippen LogP contribution in [-0.4, -0.2) is 35.4 Å². The van der Waals surface area contributed by atoms with E-state index in [0.29, 0.717) is 0 Å². The third-order valence-electron chi connectivity index (χ3n) is 2.41. The zero-order valence-corrected chi connectivity index (χ0v) is 11.2. The average Bonchev–Trinajstić information content (AvgIpc) is 2.13. The monoisotopic (exact) mass is 231 g/mol. The number of carbonyl (C=O) groups is 1. The van der Waals surface area contributed by atoms with Crippen molar-refractivity contribution in [1.82, 2.24) is 5.32 Å². The standard InChI is InChI=1S/C12H25NO3/c1-8(7-14)9(2)13-10(3)11(15)16-12(4,5)6/h8-10,13-14H,7H2,1-6H3. The Labute approximate surface area is 98.4 Å². The van der Waals surface area contributed by atoms with E-state index in [-0.39, 0.29) is 30.6 Å². The largest absolute Gasteiger partial charge is 0.459 e. The fourth-order valence-electron chi connectivity index (χ4n) is 1.17. The maximum Gasteiger partial charge on any atom is 0.323 e. The molecule has 0 rings (SSSR count). The predicted molar refractivity (Wildman–Crippen MR) is 64.2 cm³/mol. The Morgan fingerprint density at radius 1 is 1.31 bits per heavy atom. The van der Waals surface area contributed by atoms with Crippen LogP contribution in [0.25, 0.3) is 0 Å². The van der Waals surface area contributed by atoms with Gasteiger partial charge < -0.3 is 15.2 Å². The third-order valence-corrected chi connectivity index (χ3v) is 2.41. The van der Waals surface area contributed by atoms with Gasteiger partial charge in [0.05, 0.1) is 0 Å². The van der Waals surface area contributed by atoms with E-state index < -0.39 is 5.60 Å². The molecule has 0 saturated carbocycles. The lowest BCUT2D eigenvalue weighted by atomic mass is 10.0. The van der Waals surface area contributed by atoms with Crippen molar-refractivity contribution in [2.45, 2.75) is 59.2 Å². The van der Waals surface area contributed by atoms with Crippen LogP contribution in [-0.2, 0) is 9.53 Å². The van der Waals surface area contributed by atoms with Crippen molar-refractivity contribution in [1.29, 1.82) is 0 Å². The summed E-state index contributed by atoms with van der Waals surface area (Å²) in [6.07, 6.45) is 0. The summed E-state index contributed by atoms with van der Waals surface area (Å²) in [5.41, 5.74) is -0.459. The van der Waals surface area contributed by atoms with Crippen LogP contribution in [0.5, 0.6) is 0 Å². The molecule has 96 valence electrons. The van der Waals surface area contributed by atoms with Crippen LogP contribution in [0.2, 0.25) is 0 Å². The second-order valence-electron chi connectivity index (χ2n) is 5.37. The van der Waals surface area contributed by atoms with Gasteiger partial charge in [-0.05, 0) is 40.5 Å². The first-order valence-corrected chi connectivity index (χ1v) is 5.77. The first-order chi connectivity index (χ1) is 7.17. The molecule has 3 unspecified atom stereocenters. The Hall–Kier alpha value is -0.610. The quantitative estimate of drug-likeness (QED) is 0.701. The molecule has 0 radical (unpaired) electrons. The second kappa shape index (κ2) is 6.21. The highest BCUT2D eigenvalue weighted by Crippen LogP contribution is 2.09. The fraction of sp³-hybridized carbons (Fsp3) is 0.917. The smallest absolute Gasteiger partial charge is 0.323 e. The first kappa shape index (κ1) is 15.4. The molecular formula is C12H25NO3. The number of aliphatic hydroxyl groups is 1. The zero-order valence-electron chi connectivity index (χ0n) is 11.2. The van der Waals surface area contributed by atoms with Gasteiger partial charge in [-0.15, -0.1) is 0 Å². The highest BCUT2D eigenvalue weighted by molar-refractivity contribution is 5.75. The Morgan fingerprint density at radius 2 is 1.81 bits per heavy atom. The van der Waals surface area contributed by atoms with E-state index in [1.165, 1.54) is 0 Å². The molecule has 3 atom stereocenters. The van der Waals surface area contributed by atoms with Crippen molar-refractivity contribution >= 4 is 5.97 Å². The van der Waals surface area contributed by atoms with Crippen LogP contribution in [0.1, 0.15) is 41.5 Å². The summed E-state index contributed by atoms with van der Waals surface area (Å²) < 4.78 is 5.25. The van der Waals surface area contributed by atoms with Gasteiger partial charge in [0.15, 0.2) is 0 Å². The molecule has 4 heteroatoms. The number of esters is 1. The molecule has 0 spiro atoms. The molecule has 0 amide bonds. The summed E-state index contributed by atoms with van der Waals surface area (Å²) in [4.78, 5) is 11.7. The number of aliphatic hydroxyl groups excluding tert-OH is 1. The molecule has 0 aromatic carbocycles. The summed E-state index contributed by atoms with van der Waals surface area (Å²) in [7, 11) is 0. The Morgan fingerprint density at radius 3 is 2.19 bits per heavy atom. The van der Waals surface area contributed by atoms with Crippen molar-refractivity contribution in [2.75, 3.05) is 6.61 Å². The number of hydrogen-bond acceptors (Lipinski definition) is 4. The maximum absolute atomic E-state index is 11.7. The molecule has 4 nitrogen and oxygen atoms in total. The maximum atomic E-state index is 11.7. The lowest BCUT2D eigenvalue weighted by Gasteiger charge is -2.26. The first-order valence-electron chi connectivity index (χ1n) is 5.77. The van der Waals surface area contributed by atoms with Crippen molar-refractivity contribution in [2.24, 2.45) is 5.92 Å². The summed E-state index contributed by atoms with van der Waals surface area (Å²) in [5.74, 6) is -0.144. The van der Waals surface area contributed by atoms with Crippen LogP contribution in [0.15, 0.2) is 0 Å². The number of rotatable bonds is 5. The fourth-order valence-corrected chi connectivity index (χ4v) is 1.17. The third kappa shape index (κ3) is 6.08. The molecule has 0 bridgehead atoms. The van der Waals surface area contributed by atoms with Crippen LogP contribution in [0.3, 0.4) is 0 Å². The van der Waals surface area contributed by atoms with Crippen molar-refractivity contribution in [3.63, 3.8) is 0 Å². The summed E-state index contributed by atoms with van der Waals surface area (Å²) in [5, 5.41) is 12.1. The number of ether oxygens (including phenoxy) is 1. The lowest BCUT2D eigenvalue weighted by molar-refractivity contribution is -0.157. The average molecular weight is 231 g/mol. The van der Waals surface area contributed by atoms with E-state index in [2.05, 4.69) is 5.32 Å². The van der Waals surface area contributed by atoms with Crippen LogP contribution in [0.4, 0.5) is 0 Å². The molecular weight excluding hydrogens is 206 g/mol. The SMILES string of the molecule is CC(NC(C)C(C)CO)C(=O)OC(C)(C)C. The van der Waals surface area contributed by atoms with Crippen molar-refractivity contribution in [3.05, 3.63) is 0 Å². The van der Waals surface area contributed by atoms with Gasteiger partial charge in [-0.1, -0.05) is 6.92 Å². The van der Waals surface area contributed by atoms with Crippen LogP contribution >= 0.6 is 0 Å². The predicted octanol–water partition coefficient (Wildman–Crippen LogP) is 1.32.